The van der Waals surface area contributed by atoms with Crippen molar-refractivity contribution in [3.63, 3.8) is 0 Å². The number of aliphatic carboxylic acids is 1. The average molecular weight is 587 g/mol. The van der Waals surface area contributed by atoms with Crippen molar-refractivity contribution in [2.75, 3.05) is 5.32 Å². The molecule has 2 N–H and O–H groups in total. The van der Waals surface area contributed by atoms with Gasteiger partial charge in [0.15, 0.2) is 0 Å². The maximum atomic E-state index is 13.1. The van der Waals surface area contributed by atoms with Crippen molar-refractivity contribution in [3.8, 4) is 0 Å². The molecule has 0 bridgehead atoms. The lowest BCUT2D eigenvalue weighted by atomic mass is 10.1. The number of carboxylic acids is 1. The van der Waals surface area contributed by atoms with Crippen LogP contribution >= 0.6 is 22.6 Å². The molecule has 0 saturated heterocycles. The van der Waals surface area contributed by atoms with E-state index in [0.717, 1.165) is 14.7 Å². The van der Waals surface area contributed by atoms with Crippen molar-refractivity contribution in [1.29, 1.82) is 0 Å². The molecule has 0 fully saturated rings. The number of amides is 1. The predicted molar refractivity (Wildman–Crippen MR) is 136 cm³/mol. The van der Waals surface area contributed by atoms with Gasteiger partial charge in [-0.3, -0.25) is 4.79 Å². The minimum atomic E-state index is -2.10. The average Bonchev–Trinajstić information content (AvgIpc) is 2.81. The zero-order valence-electron chi connectivity index (χ0n) is 18.9. The number of anilines is 1. The first kappa shape index (κ1) is 25.9. The maximum absolute atomic E-state index is 13.1. The van der Waals surface area contributed by atoms with Crippen LogP contribution in [-0.2, 0) is 19.1 Å². The van der Waals surface area contributed by atoms with Gasteiger partial charge in [0, 0.05) is 9.26 Å². The summed E-state index contributed by atoms with van der Waals surface area (Å²) in [5, 5.41) is 12.3. The molecule has 0 aliphatic carbocycles. The lowest BCUT2D eigenvalue weighted by Crippen LogP contribution is -2.48. The summed E-state index contributed by atoms with van der Waals surface area (Å²) in [6, 6.07) is 19.3. The number of carbonyl (C=O) groups excluding carboxylic acids is 3. The van der Waals surface area contributed by atoms with Gasteiger partial charge in [-0.25, -0.2) is 14.4 Å². The summed E-state index contributed by atoms with van der Waals surface area (Å²) in [5.41, 5.74) is 2.33. The molecule has 0 aliphatic heterocycles. The van der Waals surface area contributed by atoms with Crippen LogP contribution in [0.15, 0.2) is 72.8 Å². The topological polar surface area (TPSA) is 119 Å². The fourth-order valence-electron chi connectivity index (χ4n) is 3.02. The number of rotatable bonds is 8. The summed E-state index contributed by atoms with van der Waals surface area (Å²) >= 11 is 2.05. The Hall–Kier alpha value is -3.73. The number of nitrogens with one attached hydrogen (secondary N) is 1. The molecule has 0 radical (unpaired) electrons. The van der Waals surface area contributed by atoms with Crippen molar-refractivity contribution < 1.29 is 33.8 Å². The molecule has 0 aliphatic rings. The second kappa shape index (κ2) is 11.6. The van der Waals surface area contributed by atoms with E-state index in [2.05, 4.69) is 5.32 Å². The lowest BCUT2D eigenvalue weighted by molar-refractivity contribution is -0.157. The van der Waals surface area contributed by atoms with Crippen LogP contribution in [0.25, 0.3) is 0 Å². The zero-order chi connectivity index (χ0) is 25.5. The number of carbonyl (C=O) groups is 4. The van der Waals surface area contributed by atoms with Crippen molar-refractivity contribution >= 4 is 52.1 Å². The van der Waals surface area contributed by atoms with Crippen LogP contribution in [0.3, 0.4) is 0 Å². The number of hydrogen-bond acceptors (Lipinski definition) is 6. The van der Waals surface area contributed by atoms with E-state index in [1.807, 2.05) is 36.4 Å². The molecule has 8 nitrogen and oxygen atoms in total. The lowest BCUT2D eigenvalue weighted by Gasteiger charge is -2.23. The molecule has 0 saturated carbocycles. The van der Waals surface area contributed by atoms with Gasteiger partial charge in [0.05, 0.1) is 11.1 Å². The van der Waals surface area contributed by atoms with Crippen molar-refractivity contribution in [2.24, 2.45) is 0 Å². The molecule has 0 spiro atoms. The standard InChI is InChI=1S/C26H22INO7/c1-15-6-10-17(11-7-15)25(32)34-21(23(29)28-20-5-3-4-19(27)14-20)22(24(30)31)35-26(33)18-12-8-16(2)9-13-18/h3-14,21-22H,1-2H3,(H,28,29)(H,30,31)/t21-,22-/m1/s1. The Morgan fingerprint density at radius 3 is 1.71 bits per heavy atom. The summed E-state index contributed by atoms with van der Waals surface area (Å²) in [4.78, 5) is 50.6. The van der Waals surface area contributed by atoms with Crippen LogP contribution in [0.4, 0.5) is 5.69 Å². The summed E-state index contributed by atoms with van der Waals surface area (Å²) in [7, 11) is 0. The summed E-state index contributed by atoms with van der Waals surface area (Å²) < 4.78 is 11.3. The minimum absolute atomic E-state index is 0.0866. The van der Waals surface area contributed by atoms with Gasteiger partial charge in [0.2, 0.25) is 12.2 Å². The highest BCUT2D eigenvalue weighted by Crippen LogP contribution is 2.18. The largest absolute Gasteiger partial charge is 0.478 e. The number of aryl methyl sites for hydroxylation is 2. The number of halogens is 1. The number of hydrogen-bond donors (Lipinski definition) is 2. The Balaban J connectivity index is 1.90. The molecule has 3 aromatic rings. The predicted octanol–water partition coefficient (Wildman–Crippen LogP) is 4.38. The van der Waals surface area contributed by atoms with E-state index in [4.69, 9.17) is 9.47 Å². The van der Waals surface area contributed by atoms with E-state index in [1.165, 1.54) is 24.3 Å². The monoisotopic (exact) mass is 587 g/mol. The number of ether oxygens (including phenoxy) is 2. The molecule has 35 heavy (non-hydrogen) atoms. The van der Waals surface area contributed by atoms with Crippen molar-refractivity contribution in [2.45, 2.75) is 26.1 Å². The molecule has 3 aromatic carbocycles. The van der Waals surface area contributed by atoms with Crippen molar-refractivity contribution in [1.82, 2.24) is 0 Å². The highest BCUT2D eigenvalue weighted by molar-refractivity contribution is 14.1. The van der Waals surface area contributed by atoms with E-state index in [1.54, 1.807) is 48.5 Å². The van der Waals surface area contributed by atoms with Gasteiger partial charge in [-0.2, -0.15) is 0 Å². The SMILES string of the molecule is Cc1ccc(C(=O)O[C@@H](C(=O)O)[C@@H](OC(=O)c2ccc(C)cc2)C(=O)Nc2cccc(I)c2)cc1. The molecule has 0 unspecified atom stereocenters. The van der Waals surface area contributed by atoms with Gasteiger partial charge in [0.25, 0.3) is 5.91 Å². The zero-order valence-corrected chi connectivity index (χ0v) is 21.0. The molecule has 1 amide bonds. The van der Waals surface area contributed by atoms with Gasteiger partial charge >= 0.3 is 17.9 Å². The fourth-order valence-corrected chi connectivity index (χ4v) is 3.56. The van der Waals surface area contributed by atoms with Crippen LogP contribution in [0.5, 0.6) is 0 Å². The Morgan fingerprint density at radius 1 is 0.771 bits per heavy atom. The Morgan fingerprint density at radius 2 is 1.26 bits per heavy atom. The number of carboxylic acid groups (broad SMARTS) is 1. The first-order valence-electron chi connectivity index (χ1n) is 10.5. The smallest absolute Gasteiger partial charge is 0.349 e. The third-order valence-electron chi connectivity index (χ3n) is 4.91. The Bertz CT molecular complexity index is 1240. The van der Waals surface area contributed by atoms with Crippen LogP contribution in [0.1, 0.15) is 31.8 Å². The first-order chi connectivity index (χ1) is 16.6. The molecule has 0 aromatic heterocycles. The molecular weight excluding hydrogens is 565 g/mol. The summed E-state index contributed by atoms with van der Waals surface area (Å²) in [6.07, 6.45) is -4.06. The molecule has 3 rings (SSSR count). The van der Waals surface area contributed by atoms with E-state index in [9.17, 15) is 24.3 Å². The molecular formula is C26H22INO7. The molecule has 9 heteroatoms. The Kier molecular flexibility index (Phi) is 8.58. The first-order valence-corrected chi connectivity index (χ1v) is 11.6. The normalized spacial score (nSPS) is 12.2. The third-order valence-corrected chi connectivity index (χ3v) is 5.58. The summed E-state index contributed by atoms with van der Waals surface area (Å²) in [5.74, 6) is -4.53. The molecule has 0 heterocycles. The highest BCUT2D eigenvalue weighted by Gasteiger charge is 2.41. The van der Waals surface area contributed by atoms with E-state index >= 15 is 0 Å². The minimum Gasteiger partial charge on any atom is -0.478 e. The second-order valence-corrected chi connectivity index (χ2v) is 8.97. The summed E-state index contributed by atoms with van der Waals surface area (Å²) in [6.45, 7) is 3.66. The van der Waals surface area contributed by atoms with Gasteiger partial charge in [0.1, 0.15) is 0 Å². The van der Waals surface area contributed by atoms with E-state index < -0.39 is 36.0 Å². The highest BCUT2D eigenvalue weighted by atomic mass is 127. The van der Waals surface area contributed by atoms with Crippen LogP contribution in [0, 0.1) is 17.4 Å². The van der Waals surface area contributed by atoms with Crippen molar-refractivity contribution in [3.05, 3.63) is 98.6 Å². The quantitative estimate of drug-likeness (QED) is 0.297. The molecule has 180 valence electrons. The van der Waals surface area contributed by atoms with Gasteiger partial charge < -0.3 is 19.9 Å². The van der Waals surface area contributed by atoms with Crippen LogP contribution < -0.4 is 5.32 Å². The number of benzene rings is 3. The molecule has 2 atom stereocenters. The fraction of sp³-hybridized carbons (Fsp3) is 0.154. The third kappa shape index (κ3) is 7.12. The van der Waals surface area contributed by atoms with Gasteiger partial charge in [-0.1, -0.05) is 41.5 Å². The van der Waals surface area contributed by atoms with Crippen LogP contribution in [0.2, 0.25) is 0 Å². The van der Waals surface area contributed by atoms with Gasteiger partial charge in [-0.15, -0.1) is 0 Å². The van der Waals surface area contributed by atoms with E-state index in [0.29, 0.717) is 5.69 Å². The number of esters is 2. The van der Waals surface area contributed by atoms with E-state index in [-0.39, 0.29) is 11.1 Å². The maximum Gasteiger partial charge on any atom is 0.349 e. The van der Waals surface area contributed by atoms with Gasteiger partial charge in [-0.05, 0) is 78.9 Å². The van der Waals surface area contributed by atoms with Crippen LogP contribution in [-0.4, -0.2) is 41.1 Å². The second-order valence-electron chi connectivity index (χ2n) is 7.72. The Labute approximate surface area is 215 Å².